The second kappa shape index (κ2) is 3.14. The van der Waals surface area contributed by atoms with Crippen LogP contribution in [-0.2, 0) is 0 Å². The zero-order chi connectivity index (χ0) is 8.27. The lowest BCUT2D eigenvalue weighted by atomic mass is 10.2. The third-order valence-corrected chi connectivity index (χ3v) is 1.52. The number of rotatable bonds is 2. The molecule has 3 nitrogen and oxygen atoms in total. The molecule has 0 saturated carbocycles. The minimum absolute atomic E-state index is 0.686. The second-order valence-electron chi connectivity index (χ2n) is 2.26. The van der Waals surface area contributed by atoms with Crippen LogP contribution in [0.4, 0.5) is 5.69 Å². The molecule has 1 N–H and O–H groups in total. The van der Waals surface area contributed by atoms with E-state index in [9.17, 15) is 0 Å². The van der Waals surface area contributed by atoms with Crippen LogP contribution in [0.2, 0.25) is 0 Å². The Morgan fingerprint density at radius 3 is 2.64 bits per heavy atom. The first kappa shape index (κ1) is 7.72. The molecule has 0 saturated heterocycles. The summed E-state index contributed by atoms with van der Waals surface area (Å²) in [5.74, 6) is 0.801. The molecule has 0 bridgehead atoms. The lowest BCUT2D eigenvalue weighted by Gasteiger charge is -2.01. The largest absolute Gasteiger partial charge is 0.497 e. The molecule has 0 spiro atoms. The Labute approximate surface area is 65.5 Å². The average Bonchev–Trinajstić information content (AvgIpc) is 2.04. The van der Waals surface area contributed by atoms with Crippen LogP contribution >= 0.6 is 0 Å². The molecule has 0 aliphatic rings. The number of nitrogens with zero attached hydrogens (tertiary/aromatic N) is 1. The van der Waals surface area contributed by atoms with Gasteiger partial charge in [0.1, 0.15) is 5.75 Å². The third kappa shape index (κ3) is 1.55. The summed E-state index contributed by atoms with van der Waals surface area (Å²) in [6.07, 6.45) is 0. The van der Waals surface area contributed by atoms with E-state index in [-0.39, 0.29) is 0 Å². The summed E-state index contributed by atoms with van der Waals surface area (Å²) in [5.41, 5.74) is 8.44. The van der Waals surface area contributed by atoms with Crippen LogP contribution in [0.25, 0.3) is 0 Å². The van der Waals surface area contributed by atoms with Crippen molar-refractivity contribution in [2.45, 2.75) is 6.92 Å². The summed E-state index contributed by atoms with van der Waals surface area (Å²) in [4.78, 5) is 0. The van der Waals surface area contributed by atoms with Gasteiger partial charge in [0.05, 0.1) is 12.8 Å². The van der Waals surface area contributed by atoms with E-state index >= 15 is 0 Å². The zero-order valence-corrected chi connectivity index (χ0v) is 6.59. The number of methoxy groups -OCH3 is 1. The molecule has 11 heavy (non-hydrogen) atoms. The summed E-state index contributed by atoms with van der Waals surface area (Å²) < 4.78 is 4.99. The molecule has 0 aromatic heterocycles. The molecule has 0 radical (unpaired) electrons. The first-order chi connectivity index (χ1) is 5.27. The van der Waals surface area contributed by atoms with Crippen molar-refractivity contribution >= 4 is 5.69 Å². The summed E-state index contributed by atoms with van der Waals surface area (Å²) in [5, 5.41) is 3.34. The van der Waals surface area contributed by atoms with Gasteiger partial charge in [-0.15, -0.1) is 0 Å². The molecule has 1 rings (SSSR count). The Hall–Kier alpha value is -1.38. The van der Waals surface area contributed by atoms with Gasteiger partial charge in [0.2, 0.25) is 0 Å². The highest BCUT2D eigenvalue weighted by Crippen LogP contribution is 2.22. The van der Waals surface area contributed by atoms with Gasteiger partial charge >= 0.3 is 0 Å². The number of hydrogen-bond acceptors (Lipinski definition) is 3. The minimum Gasteiger partial charge on any atom is -0.497 e. The van der Waals surface area contributed by atoms with Gasteiger partial charge in [0.15, 0.2) is 0 Å². The zero-order valence-electron chi connectivity index (χ0n) is 6.59. The first-order valence-corrected chi connectivity index (χ1v) is 3.30. The Morgan fingerprint density at radius 1 is 1.45 bits per heavy atom. The average molecular weight is 150 g/mol. The molecule has 0 atom stereocenters. The Morgan fingerprint density at radius 2 is 2.18 bits per heavy atom. The monoisotopic (exact) mass is 150 g/mol. The van der Waals surface area contributed by atoms with E-state index in [1.165, 1.54) is 0 Å². The fraction of sp³-hybridized carbons (Fsp3) is 0.250. The topological polar surface area (TPSA) is 45.4 Å². The minimum atomic E-state index is 0.686. The van der Waals surface area contributed by atoms with E-state index in [2.05, 4.69) is 5.11 Å². The number of ether oxygens (including phenoxy) is 1. The van der Waals surface area contributed by atoms with Gasteiger partial charge in [-0.2, -0.15) is 5.11 Å². The van der Waals surface area contributed by atoms with E-state index in [4.69, 9.17) is 10.3 Å². The molecule has 0 fully saturated rings. The van der Waals surface area contributed by atoms with Crippen LogP contribution < -0.4 is 4.74 Å². The van der Waals surface area contributed by atoms with E-state index in [1.54, 1.807) is 19.2 Å². The molecule has 58 valence electrons. The maximum Gasteiger partial charge on any atom is 0.119 e. The fourth-order valence-electron chi connectivity index (χ4n) is 0.880. The van der Waals surface area contributed by atoms with E-state index in [0.717, 1.165) is 11.3 Å². The van der Waals surface area contributed by atoms with Gasteiger partial charge in [0, 0.05) is 0 Å². The number of hydrogen-bond donors (Lipinski definition) is 1. The smallest absolute Gasteiger partial charge is 0.119 e. The van der Waals surface area contributed by atoms with Gasteiger partial charge in [-0.25, -0.2) is 5.53 Å². The van der Waals surface area contributed by atoms with Crippen molar-refractivity contribution < 1.29 is 4.74 Å². The standard InChI is InChI=1S/C8H10N2O/c1-6-5-7(11-2)3-4-8(6)10-9/h3-5,9H,1-2H3. The predicted octanol–water partition coefficient (Wildman–Crippen LogP) is 2.67. The van der Waals surface area contributed by atoms with Crippen molar-refractivity contribution in [3.05, 3.63) is 23.8 Å². The highest BCUT2D eigenvalue weighted by molar-refractivity contribution is 5.48. The highest BCUT2D eigenvalue weighted by Gasteiger charge is 1.96. The quantitative estimate of drug-likeness (QED) is 0.647. The molecular formula is C8H10N2O. The molecule has 0 heterocycles. The maximum atomic E-state index is 6.80. The molecule has 1 aromatic carbocycles. The van der Waals surface area contributed by atoms with Crippen molar-refractivity contribution in [1.82, 2.24) is 0 Å². The Kier molecular flexibility index (Phi) is 2.21. The van der Waals surface area contributed by atoms with Crippen LogP contribution in [0.15, 0.2) is 23.3 Å². The van der Waals surface area contributed by atoms with Gasteiger partial charge in [0.25, 0.3) is 0 Å². The number of aryl methyl sites for hydroxylation is 1. The SMILES string of the molecule is COc1ccc(N=N)c(C)c1. The van der Waals surface area contributed by atoms with Gasteiger partial charge in [-0.05, 0) is 30.7 Å². The number of benzene rings is 1. The normalized spacial score (nSPS) is 9.27. The maximum absolute atomic E-state index is 6.80. The van der Waals surface area contributed by atoms with Gasteiger partial charge < -0.3 is 4.74 Å². The van der Waals surface area contributed by atoms with Crippen LogP contribution in [0.1, 0.15) is 5.56 Å². The molecule has 0 aliphatic heterocycles. The molecule has 0 unspecified atom stereocenters. The molecule has 0 amide bonds. The fourth-order valence-corrected chi connectivity index (χ4v) is 0.880. The van der Waals surface area contributed by atoms with Gasteiger partial charge in [-0.1, -0.05) is 0 Å². The lowest BCUT2D eigenvalue weighted by Crippen LogP contribution is -1.82. The van der Waals surface area contributed by atoms with Crippen molar-refractivity contribution in [3.8, 4) is 5.75 Å². The second-order valence-corrected chi connectivity index (χ2v) is 2.26. The Bertz CT molecular complexity index is 271. The van der Waals surface area contributed by atoms with Crippen LogP contribution in [0, 0.1) is 12.5 Å². The summed E-state index contributed by atoms with van der Waals surface area (Å²) in [7, 11) is 1.62. The highest BCUT2D eigenvalue weighted by atomic mass is 16.5. The van der Waals surface area contributed by atoms with Crippen LogP contribution in [0.3, 0.4) is 0 Å². The first-order valence-electron chi connectivity index (χ1n) is 3.30. The van der Waals surface area contributed by atoms with Crippen LogP contribution in [0.5, 0.6) is 5.75 Å². The van der Waals surface area contributed by atoms with Crippen molar-refractivity contribution in [2.24, 2.45) is 5.11 Å². The van der Waals surface area contributed by atoms with Crippen molar-refractivity contribution in [1.29, 1.82) is 5.53 Å². The molecule has 0 aliphatic carbocycles. The van der Waals surface area contributed by atoms with Crippen molar-refractivity contribution in [2.75, 3.05) is 7.11 Å². The van der Waals surface area contributed by atoms with E-state index < -0.39 is 0 Å². The van der Waals surface area contributed by atoms with Gasteiger partial charge in [-0.3, -0.25) is 0 Å². The summed E-state index contributed by atoms with van der Waals surface area (Å²) in [6, 6.07) is 5.41. The predicted molar refractivity (Wildman–Crippen MR) is 42.5 cm³/mol. The van der Waals surface area contributed by atoms with Crippen LogP contribution in [-0.4, -0.2) is 7.11 Å². The number of nitrogens with one attached hydrogen (secondary N) is 1. The van der Waals surface area contributed by atoms with E-state index in [0.29, 0.717) is 5.69 Å². The summed E-state index contributed by atoms with van der Waals surface area (Å²) >= 11 is 0. The molecule has 3 heteroatoms. The molecule has 1 aromatic rings. The van der Waals surface area contributed by atoms with Crippen molar-refractivity contribution in [3.63, 3.8) is 0 Å². The molecular weight excluding hydrogens is 140 g/mol. The summed E-state index contributed by atoms with van der Waals surface area (Å²) in [6.45, 7) is 1.90. The van der Waals surface area contributed by atoms with E-state index in [1.807, 2.05) is 13.0 Å². The Balaban J connectivity index is 3.09. The lowest BCUT2D eigenvalue weighted by molar-refractivity contribution is 0.414. The third-order valence-electron chi connectivity index (χ3n) is 1.52.